The topological polar surface area (TPSA) is 41.1 Å². The van der Waals surface area contributed by atoms with Gasteiger partial charge in [0.25, 0.3) is 0 Å². The van der Waals surface area contributed by atoms with Crippen LogP contribution in [0.5, 0.6) is 0 Å². The van der Waals surface area contributed by atoms with Crippen molar-refractivity contribution in [2.75, 3.05) is 19.6 Å². The number of benzene rings is 1. The van der Waals surface area contributed by atoms with E-state index in [9.17, 15) is 4.79 Å². The zero-order valence-corrected chi connectivity index (χ0v) is 11.6. The highest BCUT2D eigenvalue weighted by Crippen LogP contribution is 2.31. The van der Waals surface area contributed by atoms with Gasteiger partial charge in [0.05, 0.1) is 6.54 Å². The molecule has 2 fully saturated rings. The summed E-state index contributed by atoms with van der Waals surface area (Å²) in [5.41, 5.74) is -0.183. The van der Waals surface area contributed by atoms with Gasteiger partial charge in [-0.1, -0.05) is 30.3 Å². The highest BCUT2D eigenvalue weighted by atomic mass is 19.1. The molecule has 0 unspecified atom stereocenters. The lowest BCUT2D eigenvalue weighted by molar-refractivity contribution is -0.123. The van der Waals surface area contributed by atoms with Gasteiger partial charge in [-0.3, -0.25) is 4.79 Å². The van der Waals surface area contributed by atoms with Gasteiger partial charge in [0.2, 0.25) is 5.91 Å². The highest BCUT2D eigenvalue weighted by molar-refractivity contribution is 5.80. The molecule has 1 aromatic rings. The molecule has 2 aliphatic rings. The number of hydrogen-bond acceptors (Lipinski definition) is 2. The van der Waals surface area contributed by atoms with Gasteiger partial charge in [0.15, 0.2) is 0 Å². The van der Waals surface area contributed by atoms with Gasteiger partial charge < -0.3 is 10.6 Å². The van der Waals surface area contributed by atoms with Crippen molar-refractivity contribution in [1.29, 1.82) is 0 Å². The Hall–Kier alpha value is -1.42. The average molecular weight is 276 g/mol. The molecule has 1 aliphatic carbocycles. The Kier molecular flexibility index (Phi) is 3.74. The van der Waals surface area contributed by atoms with Crippen LogP contribution in [0.2, 0.25) is 0 Å². The number of alkyl halides is 1. The lowest BCUT2D eigenvalue weighted by Gasteiger charge is -2.27. The zero-order valence-electron chi connectivity index (χ0n) is 11.6. The van der Waals surface area contributed by atoms with Crippen molar-refractivity contribution in [2.45, 2.75) is 24.9 Å². The van der Waals surface area contributed by atoms with Crippen LogP contribution < -0.4 is 10.6 Å². The standard InChI is InChI=1S/C16H21FN2O/c17-16(11-19-15(20)13-6-7-13)10-18-9-14(16)8-12-4-2-1-3-5-12/h1-5,13-14,18H,6-11H2,(H,19,20)/t14-,16-/m1/s1. The van der Waals surface area contributed by atoms with E-state index in [4.69, 9.17) is 0 Å². The summed E-state index contributed by atoms with van der Waals surface area (Å²) in [6.45, 7) is 1.13. The van der Waals surface area contributed by atoms with E-state index < -0.39 is 5.67 Å². The normalized spacial score (nSPS) is 29.4. The van der Waals surface area contributed by atoms with Crippen molar-refractivity contribution in [2.24, 2.45) is 11.8 Å². The van der Waals surface area contributed by atoms with Gasteiger partial charge in [0, 0.05) is 24.9 Å². The smallest absolute Gasteiger partial charge is 0.223 e. The summed E-state index contributed by atoms with van der Waals surface area (Å²) in [7, 11) is 0. The van der Waals surface area contributed by atoms with Crippen LogP contribution in [-0.2, 0) is 11.2 Å². The second kappa shape index (κ2) is 5.52. The quantitative estimate of drug-likeness (QED) is 0.859. The summed E-state index contributed by atoms with van der Waals surface area (Å²) in [5.74, 6) is 0.0809. The first kappa shape index (κ1) is 13.6. The lowest BCUT2D eigenvalue weighted by Crippen LogP contribution is -2.46. The summed E-state index contributed by atoms with van der Waals surface area (Å²) >= 11 is 0. The predicted molar refractivity (Wildman–Crippen MR) is 76.1 cm³/mol. The van der Waals surface area contributed by atoms with Crippen molar-refractivity contribution in [1.82, 2.24) is 10.6 Å². The maximum atomic E-state index is 15.0. The molecule has 1 aliphatic heterocycles. The van der Waals surface area contributed by atoms with E-state index in [1.807, 2.05) is 30.3 Å². The summed E-state index contributed by atoms with van der Waals surface area (Å²) in [5, 5.41) is 5.91. The molecule has 1 amide bonds. The number of carbonyl (C=O) groups excluding carboxylic acids is 1. The van der Waals surface area contributed by atoms with E-state index in [1.54, 1.807) is 0 Å². The summed E-state index contributed by atoms with van der Waals surface area (Å²) in [4.78, 5) is 11.7. The lowest BCUT2D eigenvalue weighted by atomic mass is 9.87. The second-order valence-electron chi connectivity index (χ2n) is 6.04. The van der Waals surface area contributed by atoms with Crippen LogP contribution in [0.15, 0.2) is 30.3 Å². The maximum absolute atomic E-state index is 15.0. The van der Waals surface area contributed by atoms with E-state index in [0.717, 1.165) is 18.4 Å². The molecule has 2 atom stereocenters. The Balaban J connectivity index is 1.59. The van der Waals surface area contributed by atoms with E-state index in [-0.39, 0.29) is 24.3 Å². The van der Waals surface area contributed by atoms with Crippen LogP contribution >= 0.6 is 0 Å². The minimum atomic E-state index is -1.33. The third kappa shape index (κ3) is 3.01. The number of rotatable bonds is 5. The van der Waals surface area contributed by atoms with Crippen molar-refractivity contribution in [3.63, 3.8) is 0 Å². The van der Waals surface area contributed by atoms with Crippen molar-refractivity contribution >= 4 is 5.91 Å². The van der Waals surface area contributed by atoms with Gasteiger partial charge in [-0.2, -0.15) is 0 Å². The molecule has 1 heterocycles. The van der Waals surface area contributed by atoms with Gasteiger partial charge in [-0.25, -0.2) is 4.39 Å². The number of halogens is 1. The molecular formula is C16H21FN2O. The molecule has 1 saturated carbocycles. The molecule has 0 spiro atoms. The molecule has 2 N–H and O–H groups in total. The predicted octanol–water partition coefficient (Wildman–Crippen LogP) is 1.68. The van der Waals surface area contributed by atoms with Crippen molar-refractivity contribution in [3.05, 3.63) is 35.9 Å². The van der Waals surface area contributed by atoms with E-state index in [2.05, 4.69) is 10.6 Å². The van der Waals surface area contributed by atoms with Crippen molar-refractivity contribution in [3.8, 4) is 0 Å². The molecule has 0 bridgehead atoms. The van der Waals surface area contributed by atoms with Gasteiger partial charge >= 0.3 is 0 Å². The van der Waals surface area contributed by atoms with Crippen LogP contribution in [0, 0.1) is 11.8 Å². The largest absolute Gasteiger partial charge is 0.353 e. The van der Waals surface area contributed by atoms with E-state index in [0.29, 0.717) is 19.5 Å². The molecule has 0 radical (unpaired) electrons. The van der Waals surface area contributed by atoms with Crippen LogP contribution in [0.3, 0.4) is 0 Å². The van der Waals surface area contributed by atoms with Gasteiger partial charge in [0.1, 0.15) is 5.67 Å². The van der Waals surface area contributed by atoms with Crippen LogP contribution in [0.1, 0.15) is 18.4 Å². The van der Waals surface area contributed by atoms with E-state index >= 15 is 4.39 Å². The number of amides is 1. The average Bonchev–Trinajstić information content (AvgIpc) is 3.24. The molecule has 108 valence electrons. The third-order valence-electron chi connectivity index (χ3n) is 4.37. The molecule has 3 nitrogen and oxygen atoms in total. The first-order valence-corrected chi connectivity index (χ1v) is 7.39. The van der Waals surface area contributed by atoms with E-state index in [1.165, 1.54) is 0 Å². The molecule has 20 heavy (non-hydrogen) atoms. The summed E-state index contributed by atoms with van der Waals surface area (Å²) < 4.78 is 15.0. The Morgan fingerprint density at radius 1 is 1.35 bits per heavy atom. The molecule has 1 aromatic carbocycles. The fraction of sp³-hybridized carbons (Fsp3) is 0.562. The number of nitrogens with one attached hydrogen (secondary N) is 2. The van der Waals surface area contributed by atoms with Crippen LogP contribution in [0.4, 0.5) is 4.39 Å². The third-order valence-corrected chi connectivity index (χ3v) is 4.37. The second-order valence-corrected chi connectivity index (χ2v) is 6.04. The molecule has 0 aromatic heterocycles. The van der Waals surface area contributed by atoms with Gasteiger partial charge in [-0.05, 0) is 24.8 Å². The monoisotopic (exact) mass is 276 g/mol. The first-order valence-electron chi connectivity index (χ1n) is 7.39. The molecule has 3 rings (SSSR count). The Morgan fingerprint density at radius 2 is 2.10 bits per heavy atom. The van der Waals surface area contributed by atoms with Crippen LogP contribution in [0.25, 0.3) is 0 Å². The minimum Gasteiger partial charge on any atom is -0.353 e. The van der Waals surface area contributed by atoms with Gasteiger partial charge in [-0.15, -0.1) is 0 Å². The molecule has 4 heteroatoms. The minimum absolute atomic E-state index is 0.0207. The number of carbonyl (C=O) groups is 1. The fourth-order valence-corrected chi connectivity index (χ4v) is 2.87. The zero-order chi connectivity index (χ0) is 14.0. The summed E-state index contributed by atoms with van der Waals surface area (Å²) in [6, 6.07) is 9.98. The molecule has 1 saturated heterocycles. The summed E-state index contributed by atoms with van der Waals surface area (Å²) in [6.07, 6.45) is 2.62. The first-order chi connectivity index (χ1) is 9.67. The van der Waals surface area contributed by atoms with Crippen molar-refractivity contribution < 1.29 is 9.18 Å². The molecular weight excluding hydrogens is 255 g/mol. The number of hydrogen-bond donors (Lipinski definition) is 2. The fourth-order valence-electron chi connectivity index (χ4n) is 2.87. The highest BCUT2D eigenvalue weighted by Gasteiger charge is 2.44. The Labute approximate surface area is 118 Å². The maximum Gasteiger partial charge on any atom is 0.223 e. The Morgan fingerprint density at radius 3 is 2.80 bits per heavy atom. The SMILES string of the molecule is O=C(NC[C@]1(F)CNC[C@H]1Cc1ccccc1)C1CC1. The van der Waals surface area contributed by atoms with Crippen LogP contribution in [-0.4, -0.2) is 31.2 Å². The Bertz CT molecular complexity index is 475.